The molecule has 4 N–H and O–H groups in total. The Kier molecular flexibility index (Phi) is 12.8. The van der Waals surface area contributed by atoms with Gasteiger partial charge in [-0.15, -0.1) is 24.8 Å². The van der Waals surface area contributed by atoms with Crippen LogP contribution in [-0.4, -0.2) is 49.7 Å². The first-order valence-electron chi connectivity index (χ1n) is 8.48. The van der Waals surface area contributed by atoms with E-state index in [-0.39, 0.29) is 30.9 Å². The molecule has 1 atom stereocenters. The summed E-state index contributed by atoms with van der Waals surface area (Å²) in [6, 6.07) is 7.55. The van der Waals surface area contributed by atoms with Gasteiger partial charge in [-0.25, -0.2) is 10.2 Å². The number of amides is 2. The molecule has 0 fully saturated rings. The number of nitrogens with two attached hydrogens (primary N) is 1. The smallest absolute Gasteiger partial charge is 0.339 e. The first-order valence-corrected chi connectivity index (χ1v) is 8.48. The van der Waals surface area contributed by atoms with E-state index in [2.05, 4.69) is 27.9 Å². The Morgan fingerprint density at radius 2 is 2.15 bits per heavy atom. The van der Waals surface area contributed by atoms with Crippen LogP contribution in [0.15, 0.2) is 29.3 Å². The fraction of sp³-hybridized carbons (Fsp3) is 0.529. The highest BCUT2D eigenvalue weighted by molar-refractivity contribution is 5.85. The number of urea groups is 1. The quantitative estimate of drug-likeness (QED) is 0.253. The number of hydrogen-bond donors (Lipinski definition) is 3. The van der Waals surface area contributed by atoms with Gasteiger partial charge in [0.25, 0.3) is 0 Å². The van der Waals surface area contributed by atoms with Crippen molar-refractivity contribution in [1.82, 2.24) is 15.8 Å². The average molecular weight is 406 g/mol. The molecule has 1 aliphatic rings. The third-order valence-corrected chi connectivity index (χ3v) is 3.88. The predicted octanol–water partition coefficient (Wildman–Crippen LogP) is 2.14. The van der Waals surface area contributed by atoms with Crippen LogP contribution >= 0.6 is 24.8 Å². The molecule has 1 aliphatic heterocycles. The number of aliphatic imine (C=N–C) groups is 1. The molecule has 9 heteroatoms. The molecule has 0 aromatic heterocycles. The fourth-order valence-corrected chi connectivity index (χ4v) is 2.58. The number of ether oxygens (including phenoxy) is 1. The van der Waals surface area contributed by atoms with Gasteiger partial charge in [0, 0.05) is 19.6 Å². The number of carbonyl (C=O) groups excluding carboxylic acids is 1. The maximum absolute atomic E-state index is 10.6. The molecule has 7 nitrogen and oxygen atoms in total. The van der Waals surface area contributed by atoms with E-state index in [0.29, 0.717) is 6.54 Å². The van der Waals surface area contributed by atoms with E-state index in [0.717, 1.165) is 44.6 Å². The first-order chi connectivity index (χ1) is 11.7. The topological polar surface area (TPSA) is 92.0 Å². The molecule has 0 bridgehead atoms. The number of rotatable bonds is 9. The number of halogens is 2. The Hall–Kier alpha value is -1.54. The number of aryl methyl sites for hydroxylation is 1. The van der Waals surface area contributed by atoms with Gasteiger partial charge >= 0.3 is 6.03 Å². The predicted molar refractivity (Wildman–Crippen MR) is 110 cm³/mol. The van der Waals surface area contributed by atoms with Crippen LogP contribution in [0.2, 0.25) is 0 Å². The highest BCUT2D eigenvalue weighted by atomic mass is 35.5. The van der Waals surface area contributed by atoms with Crippen LogP contribution in [0, 0.1) is 0 Å². The monoisotopic (exact) mass is 405 g/mol. The number of hydrazine groups is 1. The van der Waals surface area contributed by atoms with E-state index >= 15 is 0 Å². The molecule has 0 aliphatic carbocycles. The SMILES string of the molecule is CCN(C=NC(N)=O)NCCCNCC1CCc2ccccc2O1.Cl.Cl. The number of nitrogens with one attached hydrogen (secondary N) is 2. The number of nitrogens with zero attached hydrogens (tertiary/aromatic N) is 2. The van der Waals surface area contributed by atoms with Gasteiger partial charge in [-0.2, -0.15) is 4.99 Å². The Labute approximate surface area is 167 Å². The molecular formula is C17H29Cl2N5O2. The maximum atomic E-state index is 10.6. The van der Waals surface area contributed by atoms with Crippen LogP contribution in [0.25, 0.3) is 0 Å². The second-order valence-electron chi connectivity index (χ2n) is 5.72. The second-order valence-corrected chi connectivity index (χ2v) is 5.72. The Morgan fingerprint density at radius 3 is 2.88 bits per heavy atom. The molecule has 0 saturated carbocycles. The summed E-state index contributed by atoms with van der Waals surface area (Å²) in [5, 5.41) is 5.18. The first kappa shape index (κ1) is 24.5. The number of primary amides is 1. The van der Waals surface area contributed by atoms with Gasteiger partial charge in [0.05, 0.1) is 0 Å². The summed E-state index contributed by atoms with van der Waals surface area (Å²) in [6.45, 7) is 5.23. The van der Waals surface area contributed by atoms with Crippen molar-refractivity contribution >= 4 is 37.2 Å². The van der Waals surface area contributed by atoms with Crippen molar-refractivity contribution in [2.24, 2.45) is 10.7 Å². The zero-order valence-electron chi connectivity index (χ0n) is 15.0. The number of carbonyl (C=O) groups is 1. The normalized spacial score (nSPS) is 15.3. The zero-order chi connectivity index (χ0) is 17.2. The van der Waals surface area contributed by atoms with Crippen LogP contribution < -0.4 is 21.2 Å². The molecule has 26 heavy (non-hydrogen) atoms. The molecule has 148 valence electrons. The van der Waals surface area contributed by atoms with E-state index in [1.54, 1.807) is 5.01 Å². The molecule has 1 unspecified atom stereocenters. The van der Waals surface area contributed by atoms with Crippen molar-refractivity contribution in [3.05, 3.63) is 29.8 Å². The Bertz CT molecular complexity index is 560. The number of fused-ring (bicyclic) bond motifs is 1. The van der Waals surface area contributed by atoms with E-state index in [9.17, 15) is 4.79 Å². The number of para-hydroxylation sites is 1. The van der Waals surface area contributed by atoms with E-state index in [1.165, 1.54) is 11.9 Å². The van der Waals surface area contributed by atoms with Crippen LogP contribution in [0.5, 0.6) is 5.75 Å². The lowest BCUT2D eigenvalue weighted by Gasteiger charge is -2.26. The van der Waals surface area contributed by atoms with Crippen LogP contribution in [-0.2, 0) is 6.42 Å². The molecule has 0 spiro atoms. The fourth-order valence-electron chi connectivity index (χ4n) is 2.58. The minimum atomic E-state index is -0.689. The molecule has 2 rings (SSSR count). The van der Waals surface area contributed by atoms with Crippen molar-refractivity contribution in [2.75, 3.05) is 26.2 Å². The van der Waals surface area contributed by atoms with E-state index in [1.807, 2.05) is 19.1 Å². The van der Waals surface area contributed by atoms with Gasteiger partial charge in [0.15, 0.2) is 0 Å². The number of hydrogen-bond acceptors (Lipinski definition) is 4. The Balaban J connectivity index is 0.00000312. The van der Waals surface area contributed by atoms with E-state index in [4.69, 9.17) is 10.5 Å². The van der Waals surface area contributed by atoms with Gasteiger partial charge < -0.3 is 15.8 Å². The number of benzene rings is 1. The zero-order valence-corrected chi connectivity index (χ0v) is 16.7. The average Bonchev–Trinajstić information content (AvgIpc) is 2.60. The Morgan fingerprint density at radius 1 is 1.38 bits per heavy atom. The van der Waals surface area contributed by atoms with Crippen LogP contribution in [0.4, 0.5) is 4.79 Å². The summed E-state index contributed by atoms with van der Waals surface area (Å²) in [5.74, 6) is 1.02. The van der Waals surface area contributed by atoms with Gasteiger partial charge in [-0.3, -0.25) is 5.01 Å². The second kappa shape index (κ2) is 13.6. The highest BCUT2D eigenvalue weighted by Gasteiger charge is 2.18. The van der Waals surface area contributed by atoms with Gasteiger partial charge in [0.1, 0.15) is 18.2 Å². The molecule has 0 radical (unpaired) electrons. The van der Waals surface area contributed by atoms with Gasteiger partial charge in [-0.05, 0) is 44.4 Å². The summed E-state index contributed by atoms with van der Waals surface area (Å²) in [6.07, 6.45) is 4.75. The largest absolute Gasteiger partial charge is 0.489 e. The summed E-state index contributed by atoms with van der Waals surface area (Å²) >= 11 is 0. The van der Waals surface area contributed by atoms with Crippen molar-refractivity contribution in [3.8, 4) is 5.75 Å². The molecule has 1 aromatic rings. The minimum absolute atomic E-state index is 0. The van der Waals surface area contributed by atoms with Gasteiger partial charge in [0.2, 0.25) is 0 Å². The standard InChI is InChI=1S/C17H27N5O2.2ClH/c1-2-22(13-20-17(18)23)21-11-5-10-19-12-15-9-8-14-6-3-4-7-16(14)24-15;;/h3-4,6-7,13,15,19,21H,2,5,8-12H2,1H3,(H2,18,23);2*1H. The van der Waals surface area contributed by atoms with Crippen molar-refractivity contribution in [2.45, 2.75) is 32.3 Å². The third-order valence-electron chi connectivity index (χ3n) is 3.88. The maximum Gasteiger partial charge on any atom is 0.339 e. The highest BCUT2D eigenvalue weighted by Crippen LogP contribution is 2.26. The molecule has 2 amide bonds. The summed E-state index contributed by atoms with van der Waals surface area (Å²) in [4.78, 5) is 14.1. The molecule has 0 saturated heterocycles. The summed E-state index contributed by atoms with van der Waals surface area (Å²) in [7, 11) is 0. The van der Waals surface area contributed by atoms with Crippen molar-refractivity contribution < 1.29 is 9.53 Å². The lowest BCUT2D eigenvalue weighted by molar-refractivity contribution is 0.170. The van der Waals surface area contributed by atoms with Crippen molar-refractivity contribution in [3.63, 3.8) is 0 Å². The molecule has 1 heterocycles. The summed E-state index contributed by atoms with van der Waals surface area (Å²) < 4.78 is 6.00. The van der Waals surface area contributed by atoms with Crippen LogP contribution in [0.1, 0.15) is 25.3 Å². The van der Waals surface area contributed by atoms with Crippen LogP contribution in [0.3, 0.4) is 0 Å². The minimum Gasteiger partial charge on any atom is -0.489 e. The lowest BCUT2D eigenvalue weighted by Crippen LogP contribution is -2.39. The van der Waals surface area contributed by atoms with Gasteiger partial charge in [-0.1, -0.05) is 18.2 Å². The lowest BCUT2D eigenvalue weighted by atomic mass is 10.0. The van der Waals surface area contributed by atoms with Crippen molar-refractivity contribution in [1.29, 1.82) is 0 Å². The van der Waals surface area contributed by atoms with E-state index < -0.39 is 6.03 Å². The third kappa shape index (κ3) is 8.71. The molecular weight excluding hydrogens is 377 g/mol. The molecule has 1 aromatic carbocycles. The summed E-state index contributed by atoms with van der Waals surface area (Å²) in [5.41, 5.74) is 9.46.